The van der Waals surface area contributed by atoms with Crippen LogP contribution in [0.15, 0.2) is 12.2 Å². The summed E-state index contributed by atoms with van der Waals surface area (Å²) in [7, 11) is -4.24. The van der Waals surface area contributed by atoms with Crippen molar-refractivity contribution in [2.45, 2.75) is 90.1 Å². The number of carbonyl (C=O) groups excluding carboxylic acids is 1. The molecule has 0 aromatic carbocycles. The van der Waals surface area contributed by atoms with Crippen LogP contribution >= 0.6 is 7.82 Å². The molecule has 0 rings (SSSR count). The summed E-state index contributed by atoms with van der Waals surface area (Å²) >= 11 is 0. The summed E-state index contributed by atoms with van der Waals surface area (Å²) in [5.41, 5.74) is 5.16. The fourth-order valence-corrected chi connectivity index (χ4v) is 3.45. The average Bonchev–Trinajstić information content (AvgIpc) is 2.72. The number of ether oxygens (including phenoxy) is 1. The van der Waals surface area contributed by atoms with Gasteiger partial charge in [0.1, 0.15) is 12.7 Å². The molecule has 0 aliphatic carbocycles. The molecule has 0 aromatic heterocycles. The minimum atomic E-state index is -4.24. The molecule has 0 spiro atoms. The van der Waals surface area contributed by atoms with Crippen molar-refractivity contribution in [1.29, 1.82) is 0 Å². The van der Waals surface area contributed by atoms with Gasteiger partial charge in [0.25, 0.3) is 0 Å². The Labute approximate surface area is 181 Å². The lowest BCUT2D eigenvalue weighted by atomic mass is 10.1. The van der Waals surface area contributed by atoms with E-state index >= 15 is 0 Å². The van der Waals surface area contributed by atoms with Crippen LogP contribution in [0.5, 0.6) is 0 Å². The molecule has 2 atom stereocenters. The second-order valence-corrected chi connectivity index (χ2v) is 8.80. The molecule has 0 aromatic rings. The quantitative estimate of drug-likeness (QED) is 0.102. The van der Waals surface area contributed by atoms with Gasteiger partial charge in [-0.2, -0.15) is 0 Å². The molecular weight excluding hydrogens is 409 g/mol. The molecule has 0 amide bonds. The number of carbonyl (C=O) groups is 1. The lowest BCUT2D eigenvalue weighted by Crippen LogP contribution is -2.23. The third-order valence-electron chi connectivity index (χ3n) is 4.38. The van der Waals surface area contributed by atoms with E-state index in [2.05, 4.69) is 28.1 Å². The Morgan fingerprint density at radius 1 is 0.967 bits per heavy atom. The highest BCUT2D eigenvalue weighted by molar-refractivity contribution is 7.47. The largest absolute Gasteiger partial charge is 0.472 e. The summed E-state index contributed by atoms with van der Waals surface area (Å²) in [5, 5.41) is 9.65. The van der Waals surface area contributed by atoms with Crippen LogP contribution in [-0.4, -0.2) is 48.4 Å². The van der Waals surface area contributed by atoms with Crippen molar-refractivity contribution in [1.82, 2.24) is 0 Å². The van der Waals surface area contributed by atoms with Gasteiger partial charge < -0.3 is 20.5 Å². The number of phosphoric ester groups is 1. The van der Waals surface area contributed by atoms with Crippen molar-refractivity contribution in [2.75, 3.05) is 26.4 Å². The molecular formula is C21H42NO7P. The van der Waals surface area contributed by atoms with Gasteiger partial charge in [-0.15, -0.1) is 0 Å². The second kappa shape index (κ2) is 20.2. The first kappa shape index (κ1) is 29.2. The number of hydrogen-bond donors (Lipinski definition) is 3. The van der Waals surface area contributed by atoms with Crippen LogP contribution in [-0.2, 0) is 23.1 Å². The predicted molar refractivity (Wildman–Crippen MR) is 118 cm³/mol. The Morgan fingerprint density at radius 2 is 1.57 bits per heavy atom. The summed E-state index contributed by atoms with van der Waals surface area (Å²) in [5.74, 6) is -0.403. The summed E-state index contributed by atoms with van der Waals surface area (Å²) in [6, 6.07) is 0. The molecule has 0 aliphatic rings. The second-order valence-electron chi connectivity index (χ2n) is 7.35. The van der Waals surface area contributed by atoms with E-state index in [4.69, 9.17) is 10.5 Å². The normalized spacial score (nSPS) is 14.7. The molecule has 1 unspecified atom stereocenters. The minimum absolute atomic E-state index is 0.0730. The third kappa shape index (κ3) is 20.5. The zero-order valence-corrected chi connectivity index (χ0v) is 19.4. The summed E-state index contributed by atoms with van der Waals surface area (Å²) in [6.45, 7) is 1.40. The van der Waals surface area contributed by atoms with Crippen LogP contribution in [0, 0.1) is 0 Å². The van der Waals surface area contributed by atoms with E-state index in [0.29, 0.717) is 0 Å². The number of rotatable bonds is 21. The highest BCUT2D eigenvalue weighted by atomic mass is 31.2. The van der Waals surface area contributed by atoms with E-state index in [1.807, 2.05) is 0 Å². The van der Waals surface area contributed by atoms with E-state index < -0.39 is 26.5 Å². The molecule has 30 heavy (non-hydrogen) atoms. The molecule has 9 heteroatoms. The lowest BCUT2D eigenvalue weighted by molar-refractivity contribution is -0.147. The number of esters is 1. The van der Waals surface area contributed by atoms with Crippen LogP contribution in [0.25, 0.3) is 0 Å². The predicted octanol–water partition coefficient (Wildman–Crippen LogP) is 4.24. The zero-order valence-electron chi connectivity index (χ0n) is 18.5. The Hall–Kier alpha value is -0.760. The molecule has 178 valence electrons. The van der Waals surface area contributed by atoms with E-state index in [-0.39, 0.29) is 26.2 Å². The zero-order chi connectivity index (χ0) is 22.5. The number of aliphatic hydroxyl groups excluding tert-OH is 1. The fraction of sp³-hybridized carbons (Fsp3) is 0.857. The minimum Gasteiger partial charge on any atom is -0.463 e. The Bertz CT molecular complexity index is 488. The van der Waals surface area contributed by atoms with Crippen molar-refractivity contribution < 1.29 is 33.1 Å². The first-order valence-corrected chi connectivity index (χ1v) is 12.7. The van der Waals surface area contributed by atoms with Crippen LogP contribution in [0.4, 0.5) is 0 Å². The summed E-state index contributed by atoms with van der Waals surface area (Å²) in [6.07, 6.45) is 16.3. The first-order valence-electron chi connectivity index (χ1n) is 11.2. The molecule has 0 bridgehead atoms. The Morgan fingerprint density at radius 3 is 2.20 bits per heavy atom. The van der Waals surface area contributed by atoms with E-state index in [0.717, 1.165) is 32.1 Å². The third-order valence-corrected chi connectivity index (χ3v) is 5.37. The lowest BCUT2D eigenvalue weighted by Gasteiger charge is -2.15. The van der Waals surface area contributed by atoms with Gasteiger partial charge in [-0.25, -0.2) is 4.57 Å². The molecule has 0 saturated heterocycles. The monoisotopic (exact) mass is 451 g/mol. The average molecular weight is 452 g/mol. The molecule has 0 saturated carbocycles. The van der Waals surface area contributed by atoms with Crippen LogP contribution in [0.2, 0.25) is 0 Å². The van der Waals surface area contributed by atoms with Gasteiger partial charge in [0, 0.05) is 13.0 Å². The van der Waals surface area contributed by atoms with E-state index in [9.17, 15) is 19.4 Å². The number of hydrogen-bond acceptors (Lipinski definition) is 7. The highest BCUT2D eigenvalue weighted by Gasteiger charge is 2.22. The topological polar surface area (TPSA) is 128 Å². The van der Waals surface area contributed by atoms with Crippen LogP contribution in [0.1, 0.15) is 84.0 Å². The molecule has 0 radical (unpaired) electrons. The van der Waals surface area contributed by atoms with E-state index in [1.54, 1.807) is 0 Å². The van der Waals surface area contributed by atoms with Crippen molar-refractivity contribution in [2.24, 2.45) is 5.73 Å². The first-order chi connectivity index (χ1) is 14.4. The van der Waals surface area contributed by atoms with Crippen molar-refractivity contribution in [3.63, 3.8) is 0 Å². The number of unbranched alkanes of at least 4 members (excludes halogenated alkanes) is 9. The smallest absolute Gasteiger partial charge is 0.463 e. The molecule has 0 aliphatic heterocycles. The maximum Gasteiger partial charge on any atom is 0.472 e. The molecule has 0 heterocycles. The van der Waals surface area contributed by atoms with Gasteiger partial charge in [-0.3, -0.25) is 13.8 Å². The molecule has 8 nitrogen and oxygen atoms in total. The summed E-state index contributed by atoms with van der Waals surface area (Å²) < 4.78 is 25.5. The molecule has 4 N–H and O–H groups in total. The maximum atomic E-state index is 11.7. The van der Waals surface area contributed by atoms with Gasteiger partial charge in [0.15, 0.2) is 0 Å². The van der Waals surface area contributed by atoms with E-state index in [1.165, 1.54) is 38.5 Å². The summed E-state index contributed by atoms with van der Waals surface area (Å²) in [4.78, 5) is 21.0. The van der Waals surface area contributed by atoms with Gasteiger partial charge in [0.05, 0.1) is 13.2 Å². The van der Waals surface area contributed by atoms with Gasteiger partial charge in [-0.05, 0) is 32.1 Å². The van der Waals surface area contributed by atoms with Crippen LogP contribution < -0.4 is 5.73 Å². The van der Waals surface area contributed by atoms with Gasteiger partial charge >= 0.3 is 13.8 Å². The van der Waals surface area contributed by atoms with Crippen LogP contribution in [0.3, 0.4) is 0 Å². The number of allylic oxidation sites excluding steroid dienone is 2. The standard InChI is InChI=1S/C21H42NO7P/c1-2-3-4-5-6-7-8-9-10-11-12-13-14-15-21(24)27-18-20(23)19-29-30(25,26)28-17-16-22/h9-10,20,23H,2-8,11-19,22H2,1H3,(H,25,26)/b10-9+/t20-/m1/s1. The SMILES string of the molecule is CCCCCCCC/C=C/CCCCCC(=O)OC[C@@H](O)COP(=O)(O)OCCN. The molecule has 0 fully saturated rings. The van der Waals surface area contributed by atoms with Crippen molar-refractivity contribution >= 4 is 13.8 Å². The Kier molecular flexibility index (Phi) is 19.6. The van der Waals surface area contributed by atoms with Gasteiger partial charge in [-0.1, -0.05) is 57.6 Å². The maximum absolute atomic E-state index is 11.7. The number of aliphatic hydroxyl groups is 1. The Balaban J connectivity index is 3.54. The van der Waals surface area contributed by atoms with Gasteiger partial charge in [0.2, 0.25) is 0 Å². The highest BCUT2D eigenvalue weighted by Crippen LogP contribution is 2.42. The number of phosphoric acid groups is 1. The van der Waals surface area contributed by atoms with Crippen molar-refractivity contribution in [3.05, 3.63) is 12.2 Å². The fourth-order valence-electron chi connectivity index (χ4n) is 2.68. The van der Waals surface area contributed by atoms with Crippen molar-refractivity contribution in [3.8, 4) is 0 Å². The number of nitrogens with two attached hydrogens (primary N) is 1.